The van der Waals surface area contributed by atoms with E-state index in [9.17, 15) is 9.59 Å². The molecule has 0 radical (unpaired) electrons. The van der Waals surface area contributed by atoms with Gasteiger partial charge in [-0.25, -0.2) is 4.79 Å². The topological polar surface area (TPSA) is 83.1 Å². The van der Waals surface area contributed by atoms with Gasteiger partial charge in [-0.1, -0.05) is 5.92 Å². The third-order valence-electron chi connectivity index (χ3n) is 2.30. The Balaban J connectivity index is 4.11. The molecule has 7 nitrogen and oxygen atoms in total. The van der Waals surface area contributed by atoms with Gasteiger partial charge in [-0.2, -0.15) is 0 Å². The Kier molecular flexibility index (Phi) is 10.00. The lowest BCUT2D eigenvalue weighted by Crippen LogP contribution is -2.39. The largest absolute Gasteiger partial charge is 0.469 e. The molecule has 0 rings (SSSR count). The third kappa shape index (κ3) is 10.9. The first-order valence-corrected chi connectivity index (χ1v) is 6.93. The molecular formula is C15H25NO6. The summed E-state index contributed by atoms with van der Waals surface area (Å²) in [7, 11) is 1.28. The van der Waals surface area contributed by atoms with Crippen LogP contribution < -0.4 is 5.32 Å². The first-order chi connectivity index (χ1) is 10.3. The molecule has 0 aromatic rings. The molecule has 22 heavy (non-hydrogen) atoms. The van der Waals surface area contributed by atoms with E-state index >= 15 is 0 Å². The number of terminal acetylenes is 1. The number of alkyl carbamates (subject to hydrolysis) is 1. The highest BCUT2D eigenvalue weighted by Crippen LogP contribution is 2.07. The van der Waals surface area contributed by atoms with Crippen molar-refractivity contribution in [3.05, 3.63) is 0 Å². The van der Waals surface area contributed by atoms with Crippen molar-refractivity contribution in [3.8, 4) is 12.3 Å². The van der Waals surface area contributed by atoms with Crippen LogP contribution in [-0.2, 0) is 23.7 Å². The second-order valence-electron chi connectivity index (χ2n) is 5.43. The molecule has 1 amide bonds. The molecule has 0 saturated heterocycles. The molecule has 0 saturated carbocycles. The summed E-state index contributed by atoms with van der Waals surface area (Å²) in [6.45, 7) is 6.26. The van der Waals surface area contributed by atoms with Gasteiger partial charge in [0.2, 0.25) is 0 Å². The number of hydrogen-bond donors (Lipinski definition) is 1. The fourth-order valence-electron chi connectivity index (χ4n) is 1.37. The van der Waals surface area contributed by atoms with Crippen LogP contribution >= 0.6 is 0 Å². The first kappa shape index (κ1) is 20.2. The molecule has 0 bridgehead atoms. The van der Waals surface area contributed by atoms with Gasteiger partial charge in [0.1, 0.15) is 12.2 Å². The van der Waals surface area contributed by atoms with Crippen LogP contribution in [0.5, 0.6) is 0 Å². The summed E-state index contributed by atoms with van der Waals surface area (Å²) in [5, 5.41) is 2.52. The zero-order valence-electron chi connectivity index (χ0n) is 13.6. The number of carbonyl (C=O) groups is 2. The van der Waals surface area contributed by atoms with Gasteiger partial charge in [0.15, 0.2) is 0 Å². The van der Waals surface area contributed by atoms with E-state index in [1.807, 2.05) is 0 Å². The van der Waals surface area contributed by atoms with Crippen LogP contribution in [0, 0.1) is 18.3 Å². The molecule has 0 spiro atoms. The summed E-state index contributed by atoms with van der Waals surface area (Å²) in [4.78, 5) is 23.2. The van der Waals surface area contributed by atoms with E-state index < -0.39 is 23.6 Å². The predicted octanol–water partition coefficient (Wildman–Crippen LogP) is 0.967. The van der Waals surface area contributed by atoms with Gasteiger partial charge in [0, 0.05) is 6.54 Å². The molecule has 1 N–H and O–H groups in total. The molecule has 0 aliphatic carbocycles. The van der Waals surface area contributed by atoms with E-state index in [0.717, 1.165) is 0 Å². The highest BCUT2D eigenvalue weighted by molar-refractivity contribution is 5.74. The Labute approximate surface area is 131 Å². The summed E-state index contributed by atoms with van der Waals surface area (Å²) >= 11 is 0. The maximum Gasteiger partial charge on any atom is 0.407 e. The van der Waals surface area contributed by atoms with Gasteiger partial charge >= 0.3 is 12.1 Å². The fourth-order valence-corrected chi connectivity index (χ4v) is 1.37. The molecule has 126 valence electrons. The van der Waals surface area contributed by atoms with E-state index in [-0.39, 0.29) is 19.8 Å². The summed E-state index contributed by atoms with van der Waals surface area (Å²) in [5.41, 5.74) is -0.601. The molecule has 0 heterocycles. The van der Waals surface area contributed by atoms with Crippen LogP contribution in [0.1, 0.15) is 20.8 Å². The molecule has 0 aromatic heterocycles. The van der Waals surface area contributed by atoms with Gasteiger partial charge in [-0.3, -0.25) is 4.79 Å². The minimum absolute atomic E-state index is 0.0623. The maximum absolute atomic E-state index is 11.6. The highest BCUT2D eigenvalue weighted by Gasteiger charge is 2.22. The molecule has 7 heteroatoms. The zero-order chi connectivity index (χ0) is 17.0. The molecule has 0 aliphatic rings. The lowest BCUT2D eigenvalue weighted by molar-refractivity contribution is -0.147. The van der Waals surface area contributed by atoms with Crippen LogP contribution in [0.3, 0.4) is 0 Å². The van der Waals surface area contributed by atoms with Crippen LogP contribution in [0.2, 0.25) is 0 Å². The van der Waals surface area contributed by atoms with E-state index in [1.165, 1.54) is 7.11 Å². The van der Waals surface area contributed by atoms with Crippen molar-refractivity contribution in [3.63, 3.8) is 0 Å². The smallest absolute Gasteiger partial charge is 0.407 e. The van der Waals surface area contributed by atoms with Crippen molar-refractivity contribution in [2.75, 3.05) is 40.1 Å². The normalized spacial score (nSPS) is 12.1. The lowest BCUT2D eigenvalue weighted by atomic mass is 10.1. The molecule has 0 aliphatic heterocycles. The Bertz CT molecular complexity index is 382. The second kappa shape index (κ2) is 10.9. The standard InChI is InChI=1S/C15H25NO6/c1-6-7-20-8-9-21-11-12(13(17)19-5)10-16-14(18)22-15(2,3)4/h1,12H,7-11H2,2-5H3,(H,16,18). The van der Waals surface area contributed by atoms with Gasteiger partial charge < -0.3 is 24.3 Å². The Morgan fingerprint density at radius 1 is 1.23 bits per heavy atom. The van der Waals surface area contributed by atoms with Crippen molar-refractivity contribution in [2.45, 2.75) is 26.4 Å². The van der Waals surface area contributed by atoms with Gasteiger partial charge in [-0.15, -0.1) is 6.42 Å². The van der Waals surface area contributed by atoms with Gasteiger partial charge in [0.05, 0.1) is 32.8 Å². The van der Waals surface area contributed by atoms with Crippen LogP contribution in [0.15, 0.2) is 0 Å². The van der Waals surface area contributed by atoms with Crippen LogP contribution in [0.25, 0.3) is 0 Å². The van der Waals surface area contributed by atoms with E-state index in [1.54, 1.807) is 20.8 Å². The molecular weight excluding hydrogens is 290 g/mol. The molecule has 1 atom stereocenters. The van der Waals surface area contributed by atoms with Crippen molar-refractivity contribution < 1.29 is 28.5 Å². The minimum Gasteiger partial charge on any atom is -0.469 e. The van der Waals surface area contributed by atoms with E-state index in [2.05, 4.69) is 16.0 Å². The Morgan fingerprint density at radius 3 is 2.41 bits per heavy atom. The number of ether oxygens (including phenoxy) is 4. The van der Waals surface area contributed by atoms with E-state index in [0.29, 0.717) is 13.2 Å². The lowest BCUT2D eigenvalue weighted by Gasteiger charge is -2.21. The van der Waals surface area contributed by atoms with Crippen molar-refractivity contribution >= 4 is 12.1 Å². The summed E-state index contributed by atoms with van der Waals surface area (Å²) in [6.07, 6.45) is 4.43. The van der Waals surface area contributed by atoms with Gasteiger partial charge in [0.25, 0.3) is 0 Å². The van der Waals surface area contributed by atoms with Gasteiger partial charge in [-0.05, 0) is 20.8 Å². The van der Waals surface area contributed by atoms with Crippen molar-refractivity contribution in [2.24, 2.45) is 5.92 Å². The van der Waals surface area contributed by atoms with E-state index in [4.69, 9.17) is 20.6 Å². The molecule has 1 unspecified atom stereocenters. The number of rotatable bonds is 9. The third-order valence-corrected chi connectivity index (χ3v) is 2.30. The summed E-state index contributed by atoms with van der Waals surface area (Å²) in [6, 6.07) is 0. The number of methoxy groups -OCH3 is 1. The average Bonchev–Trinajstić information content (AvgIpc) is 2.43. The average molecular weight is 315 g/mol. The number of nitrogens with one attached hydrogen (secondary N) is 1. The number of hydrogen-bond acceptors (Lipinski definition) is 6. The summed E-state index contributed by atoms with van der Waals surface area (Å²) in [5.74, 6) is 1.24. The maximum atomic E-state index is 11.6. The Morgan fingerprint density at radius 2 is 1.86 bits per heavy atom. The SMILES string of the molecule is C#CCOCCOCC(CNC(=O)OC(C)(C)C)C(=O)OC. The predicted molar refractivity (Wildman–Crippen MR) is 80.2 cm³/mol. The van der Waals surface area contributed by atoms with Crippen molar-refractivity contribution in [1.29, 1.82) is 0 Å². The highest BCUT2D eigenvalue weighted by atomic mass is 16.6. The second-order valence-corrected chi connectivity index (χ2v) is 5.43. The Hall–Kier alpha value is -1.78. The minimum atomic E-state index is -0.620. The fraction of sp³-hybridized carbons (Fsp3) is 0.733. The van der Waals surface area contributed by atoms with Crippen LogP contribution in [0.4, 0.5) is 4.79 Å². The molecule has 0 fully saturated rings. The first-order valence-electron chi connectivity index (χ1n) is 6.93. The quantitative estimate of drug-likeness (QED) is 0.388. The number of esters is 1. The number of carbonyl (C=O) groups excluding carboxylic acids is 2. The molecule has 0 aromatic carbocycles. The summed E-state index contributed by atoms with van der Waals surface area (Å²) < 4.78 is 20.1. The van der Waals surface area contributed by atoms with Crippen LogP contribution in [-0.4, -0.2) is 57.7 Å². The monoisotopic (exact) mass is 315 g/mol. The van der Waals surface area contributed by atoms with Crippen molar-refractivity contribution in [1.82, 2.24) is 5.32 Å². The number of amides is 1. The zero-order valence-corrected chi connectivity index (χ0v) is 13.6.